The molecule has 0 fully saturated rings. The predicted octanol–water partition coefficient (Wildman–Crippen LogP) is 3.40. The lowest BCUT2D eigenvalue weighted by molar-refractivity contribution is 0.324. The summed E-state index contributed by atoms with van der Waals surface area (Å²) in [7, 11) is 8.84. The fourth-order valence-corrected chi connectivity index (χ4v) is 2.33. The van der Waals surface area contributed by atoms with Gasteiger partial charge in [0.05, 0.1) is 27.9 Å². The van der Waals surface area contributed by atoms with Crippen molar-refractivity contribution in [3.63, 3.8) is 0 Å². The number of aliphatic imine (C=N–C) groups is 1. The van der Waals surface area contributed by atoms with Gasteiger partial charge in [-0.1, -0.05) is 12.1 Å². The van der Waals surface area contributed by atoms with Gasteiger partial charge >= 0.3 is 0 Å². The molecule has 0 aliphatic heterocycles. The van der Waals surface area contributed by atoms with Gasteiger partial charge < -0.3 is 19.1 Å². The third-order valence-electron chi connectivity index (χ3n) is 3.65. The van der Waals surface area contributed by atoms with E-state index >= 15 is 0 Å². The fraction of sp³-hybridized carbons (Fsp3) is 0.316. The molecule has 0 aliphatic rings. The number of hydrogen-bond acceptors (Lipinski definition) is 5. The van der Waals surface area contributed by atoms with Crippen LogP contribution in [0.15, 0.2) is 41.4 Å². The third-order valence-corrected chi connectivity index (χ3v) is 3.65. The molecule has 0 N–H and O–H groups in total. The predicted molar refractivity (Wildman–Crippen MR) is 98.2 cm³/mol. The minimum Gasteiger partial charge on any atom is -0.493 e. The zero-order valence-corrected chi connectivity index (χ0v) is 14.9. The second kappa shape index (κ2) is 8.24. The number of anilines is 1. The van der Waals surface area contributed by atoms with Crippen LogP contribution in [0.5, 0.6) is 17.2 Å². The first-order valence-electron chi connectivity index (χ1n) is 7.65. The SMILES string of the molecule is COc1cc(C=NCc2ccc(N(C)C)cc2)cc(OC)c1OC. The molecule has 0 saturated heterocycles. The lowest BCUT2D eigenvalue weighted by Crippen LogP contribution is -2.08. The smallest absolute Gasteiger partial charge is 0.203 e. The minimum absolute atomic E-state index is 0.580. The molecule has 0 amide bonds. The molecule has 0 heterocycles. The van der Waals surface area contributed by atoms with E-state index in [9.17, 15) is 0 Å². The van der Waals surface area contributed by atoms with Crippen LogP contribution in [0.25, 0.3) is 0 Å². The normalized spacial score (nSPS) is 10.7. The molecule has 0 aromatic heterocycles. The van der Waals surface area contributed by atoms with Crippen LogP contribution in [0.4, 0.5) is 5.69 Å². The maximum atomic E-state index is 5.35. The number of benzene rings is 2. The number of hydrogen-bond donors (Lipinski definition) is 0. The van der Waals surface area contributed by atoms with Gasteiger partial charge in [0.2, 0.25) is 5.75 Å². The maximum absolute atomic E-state index is 5.35. The first-order chi connectivity index (χ1) is 11.6. The van der Waals surface area contributed by atoms with Gasteiger partial charge in [0.25, 0.3) is 0 Å². The van der Waals surface area contributed by atoms with Crippen LogP contribution in [0, 0.1) is 0 Å². The molecule has 0 saturated carbocycles. The Balaban J connectivity index is 2.13. The zero-order valence-electron chi connectivity index (χ0n) is 14.9. The summed E-state index contributed by atoms with van der Waals surface area (Å²) in [5.74, 6) is 1.82. The van der Waals surface area contributed by atoms with Crippen LogP contribution in [-0.2, 0) is 6.54 Å². The summed E-state index contributed by atoms with van der Waals surface area (Å²) >= 11 is 0. The molecule has 0 radical (unpaired) electrons. The number of ether oxygens (including phenoxy) is 3. The highest BCUT2D eigenvalue weighted by atomic mass is 16.5. The molecular weight excluding hydrogens is 304 g/mol. The van der Waals surface area contributed by atoms with E-state index in [2.05, 4.69) is 34.2 Å². The van der Waals surface area contributed by atoms with E-state index in [0.717, 1.165) is 11.1 Å². The molecule has 0 aliphatic carbocycles. The van der Waals surface area contributed by atoms with Crippen molar-refractivity contribution in [2.75, 3.05) is 40.3 Å². The average molecular weight is 328 g/mol. The fourth-order valence-electron chi connectivity index (χ4n) is 2.33. The Hall–Kier alpha value is -2.69. The number of rotatable bonds is 7. The largest absolute Gasteiger partial charge is 0.493 e. The van der Waals surface area contributed by atoms with E-state index in [1.807, 2.05) is 32.4 Å². The first-order valence-corrected chi connectivity index (χ1v) is 7.65. The molecular formula is C19H24N2O3. The molecule has 0 spiro atoms. The molecule has 24 heavy (non-hydrogen) atoms. The van der Waals surface area contributed by atoms with Gasteiger partial charge in [0, 0.05) is 26.0 Å². The quantitative estimate of drug-likeness (QED) is 0.731. The maximum Gasteiger partial charge on any atom is 0.203 e. The molecule has 128 valence electrons. The first kappa shape index (κ1) is 17.7. The van der Waals surface area contributed by atoms with E-state index in [1.165, 1.54) is 5.69 Å². The summed E-state index contributed by atoms with van der Waals surface area (Å²) in [5, 5.41) is 0. The number of methoxy groups -OCH3 is 3. The third kappa shape index (κ3) is 4.19. The summed E-state index contributed by atoms with van der Waals surface area (Å²) in [5.41, 5.74) is 3.23. The highest BCUT2D eigenvalue weighted by molar-refractivity contribution is 5.82. The van der Waals surface area contributed by atoms with Crippen molar-refractivity contribution < 1.29 is 14.2 Å². The lowest BCUT2D eigenvalue weighted by Gasteiger charge is -2.13. The second-order valence-corrected chi connectivity index (χ2v) is 5.49. The summed E-state index contributed by atoms with van der Waals surface area (Å²) in [6.07, 6.45) is 1.81. The Labute approximate surface area is 143 Å². The Morgan fingerprint density at radius 2 is 1.50 bits per heavy atom. The van der Waals surface area contributed by atoms with Gasteiger partial charge in [-0.05, 0) is 35.4 Å². The molecule has 2 aromatic rings. The van der Waals surface area contributed by atoms with Gasteiger partial charge in [-0.15, -0.1) is 0 Å². The van der Waals surface area contributed by atoms with Crippen molar-refractivity contribution in [3.05, 3.63) is 47.5 Å². The second-order valence-electron chi connectivity index (χ2n) is 5.49. The van der Waals surface area contributed by atoms with Crippen molar-refractivity contribution in [3.8, 4) is 17.2 Å². The van der Waals surface area contributed by atoms with Crippen molar-refractivity contribution in [1.82, 2.24) is 0 Å². The van der Waals surface area contributed by atoms with Crippen LogP contribution in [0.1, 0.15) is 11.1 Å². The summed E-state index contributed by atoms with van der Waals surface area (Å²) < 4.78 is 16.0. The molecule has 0 atom stereocenters. The molecule has 0 bridgehead atoms. The molecule has 5 nitrogen and oxygen atoms in total. The summed E-state index contributed by atoms with van der Waals surface area (Å²) in [6.45, 7) is 0.615. The highest BCUT2D eigenvalue weighted by Crippen LogP contribution is 2.37. The van der Waals surface area contributed by atoms with Crippen LogP contribution in [0.2, 0.25) is 0 Å². The summed E-state index contributed by atoms with van der Waals surface area (Å²) in [6, 6.07) is 12.1. The monoisotopic (exact) mass is 328 g/mol. The van der Waals surface area contributed by atoms with Crippen molar-refractivity contribution in [1.29, 1.82) is 0 Å². The number of nitrogens with zero attached hydrogens (tertiary/aromatic N) is 2. The van der Waals surface area contributed by atoms with Crippen molar-refractivity contribution in [2.24, 2.45) is 4.99 Å². The van der Waals surface area contributed by atoms with Gasteiger partial charge in [0.15, 0.2) is 11.5 Å². The molecule has 5 heteroatoms. The van der Waals surface area contributed by atoms with E-state index < -0.39 is 0 Å². The van der Waals surface area contributed by atoms with E-state index in [-0.39, 0.29) is 0 Å². The Bertz CT molecular complexity index is 669. The van der Waals surface area contributed by atoms with E-state index in [1.54, 1.807) is 21.3 Å². The van der Waals surface area contributed by atoms with Crippen LogP contribution in [-0.4, -0.2) is 41.6 Å². The lowest BCUT2D eigenvalue weighted by atomic mass is 10.2. The molecule has 2 rings (SSSR count). The zero-order chi connectivity index (χ0) is 17.5. The van der Waals surface area contributed by atoms with E-state index in [0.29, 0.717) is 23.8 Å². The molecule has 2 aromatic carbocycles. The van der Waals surface area contributed by atoms with E-state index in [4.69, 9.17) is 14.2 Å². The Morgan fingerprint density at radius 3 is 1.96 bits per heavy atom. The van der Waals surface area contributed by atoms with Gasteiger partial charge in [-0.25, -0.2) is 0 Å². The Kier molecular flexibility index (Phi) is 6.07. The Morgan fingerprint density at radius 1 is 0.917 bits per heavy atom. The standard InChI is InChI=1S/C19H24N2O3/c1-21(2)16-8-6-14(7-9-16)12-20-13-15-10-17(22-3)19(24-5)18(11-15)23-4/h6-11,13H,12H2,1-5H3. The highest BCUT2D eigenvalue weighted by Gasteiger charge is 2.12. The van der Waals surface area contributed by atoms with Crippen LogP contribution >= 0.6 is 0 Å². The van der Waals surface area contributed by atoms with Crippen LogP contribution in [0.3, 0.4) is 0 Å². The summed E-state index contributed by atoms with van der Waals surface area (Å²) in [4.78, 5) is 6.57. The topological polar surface area (TPSA) is 43.3 Å². The minimum atomic E-state index is 0.580. The van der Waals surface area contributed by atoms with Crippen molar-refractivity contribution >= 4 is 11.9 Å². The average Bonchev–Trinajstić information content (AvgIpc) is 2.61. The van der Waals surface area contributed by atoms with Crippen LogP contribution < -0.4 is 19.1 Å². The van der Waals surface area contributed by atoms with Gasteiger partial charge in [-0.2, -0.15) is 0 Å². The van der Waals surface area contributed by atoms with Crippen molar-refractivity contribution in [2.45, 2.75) is 6.54 Å². The molecule has 0 unspecified atom stereocenters. The van der Waals surface area contributed by atoms with Gasteiger partial charge in [-0.3, -0.25) is 4.99 Å². The van der Waals surface area contributed by atoms with Gasteiger partial charge in [0.1, 0.15) is 0 Å².